The lowest BCUT2D eigenvalue weighted by molar-refractivity contribution is 1.06. The van der Waals surface area contributed by atoms with Crippen LogP contribution in [0.5, 0.6) is 0 Å². The lowest BCUT2D eigenvalue weighted by Crippen LogP contribution is -2.04. The number of nitriles is 5. The van der Waals surface area contributed by atoms with E-state index in [-0.39, 0.29) is 0 Å². The third-order valence-corrected chi connectivity index (χ3v) is 13.6. The highest BCUT2D eigenvalue weighted by Gasteiger charge is 2.23. The molecular weight excluding hydrogens is 881 g/mol. The summed E-state index contributed by atoms with van der Waals surface area (Å²) in [4.78, 5) is 5.39. The first-order valence-corrected chi connectivity index (χ1v) is 23.1. The molecule has 0 amide bonds. The third-order valence-electron chi connectivity index (χ3n) is 13.6. The number of hydrogen-bond donors (Lipinski definition) is 0. The van der Waals surface area contributed by atoms with E-state index in [2.05, 4.69) is 88.0 Å². The Kier molecular flexibility index (Phi) is 10.3. The molecule has 0 bridgehead atoms. The zero-order valence-corrected chi connectivity index (χ0v) is 38.2. The molecule has 0 spiro atoms. The van der Waals surface area contributed by atoms with Gasteiger partial charge in [-0.05, 0) is 105 Å². The summed E-state index contributed by atoms with van der Waals surface area (Å²) < 4.78 is 4.31. The highest BCUT2D eigenvalue weighted by molar-refractivity contribution is 6.13. The van der Waals surface area contributed by atoms with Crippen LogP contribution in [0.1, 0.15) is 27.8 Å². The highest BCUT2D eigenvalue weighted by atomic mass is 15.1. The maximum atomic E-state index is 10.8. The summed E-state index contributed by atoms with van der Waals surface area (Å²) >= 11 is 0. The number of nitrogens with zero attached hydrogens (tertiary/aromatic N) is 8. The van der Waals surface area contributed by atoms with Crippen molar-refractivity contribution in [2.24, 2.45) is 0 Å². The summed E-state index contributed by atoms with van der Waals surface area (Å²) in [5, 5.41) is 55.5. The van der Waals surface area contributed by atoms with Gasteiger partial charge in [0.15, 0.2) is 0 Å². The van der Waals surface area contributed by atoms with Gasteiger partial charge in [-0.25, -0.2) is 4.98 Å². The van der Waals surface area contributed by atoms with Crippen molar-refractivity contribution in [2.75, 3.05) is 0 Å². The van der Waals surface area contributed by atoms with Crippen molar-refractivity contribution >= 4 is 43.6 Å². The second-order valence-corrected chi connectivity index (χ2v) is 17.4. The number of pyridine rings is 1. The van der Waals surface area contributed by atoms with Crippen LogP contribution in [0.25, 0.3) is 111 Å². The van der Waals surface area contributed by atoms with Crippen LogP contribution in [0.3, 0.4) is 0 Å². The molecule has 330 valence electrons. The van der Waals surface area contributed by atoms with Crippen molar-refractivity contribution in [1.29, 1.82) is 26.3 Å². The molecular formula is C64H34N8. The van der Waals surface area contributed by atoms with Crippen molar-refractivity contribution in [3.63, 3.8) is 0 Å². The number of benzene rings is 9. The SMILES string of the molecule is N#Cc1ccccc1-c1ccc2c3ccc(-c4ccccc4C#N)cc3n(-c3cc(-c4ccccc4C#N)c(-n4c5cc(-c6ccccc6C#N)ccc5c5ccc(-c6ccccc6C#N)cc54)cn3)c2c1. The molecule has 9 aromatic carbocycles. The van der Waals surface area contributed by atoms with Crippen LogP contribution in [-0.4, -0.2) is 14.1 Å². The number of aromatic nitrogens is 3. The molecule has 3 aromatic heterocycles. The molecule has 0 atom stereocenters. The average molecular weight is 915 g/mol. The van der Waals surface area contributed by atoms with Crippen molar-refractivity contribution in [3.05, 3.63) is 234 Å². The first kappa shape index (κ1) is 42.5. The van der Waals surface area contributed by atoms with Gasteiger partial charge in [-0.15, -0.1) is 0 Å². The fraction of sp³-hybridized carbons (Fsp3) is 0. The monoisotopic (exact) mass is 914 g/mol. The largest absolute Gasteiger partial charge is 0.307 e. The van der Waals surface area contributed by atoms with Crippen molar-refractivity contribution < 1.29 is 0 Å². The molecule has 12 aromatic rings. The van der Waals surface area contributed by atoms with E-state index >= 15 is 0 Å². The molecule has 0 radical (unpaired) electrons. The molecule has 3 heterocycles. The summed E-state index contributed by atoms with van der Waals surface area (Å²) in [5.74, 6) is 0.575. The van der Waals surface area contributed by atoms with Crippen LogP contribution >= 0.6 is 0 Å². The standard InChI is InChI=1S/C64H34N8/c65-34-44-11-1-6-16-49(44)40-21-25-54-55-26-22-41(50-17-7-2-12-45(50)35-66)30-60(55)71(59(54)29-40)63-39-70-64(33-58(63)53-20-10-5-15-48(53)38-69)72-61-31-42(51-18-8-3-13-46(51)36-67)23-27-56(61)57-28-24-43(32-62(57)72)52-19-9-4-14-47(52)37-68/h1-33,39H. The first-order valence-electron chi connectivity index (χ1n) is 23.1. The van der Waals surface area contributed by atoms with Crippen molar-refractivity contribution in [2.45, 2.75) is 0 Å². The van der Waals surface area contributed by atoms with Gasteiger partial charge in [0.25, 0.3) is 0 Å². The Hall–Kier alpha value is -10.8. The van der Waals surface area contributed by atoms with E-state index in [1.54, 1.807) is 0 Å². The van der Waals surface area contributed by atoms with E-state index < -0.39 is 0 Å². The van der Waals surface area contributed by atoms with Gasteiger partial charge in [0.1, 0.15) is 5.82 Å². The van der Waals surface area contributed by atoms with Gasteiger partial charge in [-0.2, -0.15) is 26.3 Å². The molecule has 72 heavy (non-hydrogen) atoms. The third kappa shape index (κ3) is 6.84. The summed E-state index contributed by atoms with van der Waals surface area (Å²) in [6.45, 7) is 0. The van der Waals surface area contributed by atoms with Crippen LogP contribution in [0, 0.1) is 56.7 Å². The Bertz CT molecular complexity index is 4250. The Morgan fingerprint density at radius 1 is 0.292 bits per heavy atom. The van der Waals surface area contributed by atoms with Crippen LogP contribution in [0.4, 0.5) is 0 Å². The van der Waals surface area contributed by atoms with E-state index in [1.807, 2.05) is 158 Å². The van der Waals surface area contributed by atoms with E-state index in [4.69, 9.17) is 4.98 Å². The van der Waals surface area contributed by atoms with Gasteiger partial charge in [-0.3, -0.25) is 4.57 Å². The van der Waals surface area contributed by atoms with Crippen LogP contribution in [0.2, 0.25) is 0 Å². The Labute approximate surface area is 413 Å². The van der Waals surface area contributed by atoms with E-state index in [0.29, 0.717) is 44.9 Å². The van der Waals surface area contributed by atoms with Crippen molar-refractivity contribution in [1.82, 2.24) is 14.1 Å². The Morgan fingerprint density at radius 3 is 0.917 bits per heavy atom. The first-order chi connectivity index (χ1) is 35.5. The van der Waals surface area contributed by atoms with E-state index in [9.17, 15) is 26.3 Å². The van der Waals surface area contributed by atoms with Crippen LogP contribution in [-0.2, 0) is 0 Å². The Balaban J connectivity index is 1.19. The van der Waals surface area contributed by atoms with Gasteiger partial charge in [0.2, 0.25) is 0 Å². The fourth-order valence-corrected chi connectivity index (χ4v) is 10.3. The topological polar surface area (TPSA) is 142 Å². The van der Waals surface area contributed by atoms with E-state index in [0.717, 1.165) is 93.7 Å². The predicted octanol–water partition coefficient (Wildman–Crippen LogP) is 15.0. The minimum Gasteiger partial charge on any atom is -0.307 e. The molecule has 0 fully saturated rings. The average Bonchev–Trinajstić information content (AvgIpc) is 3.95. The molecule has 8 heteroatoms. The van der Waals surface area contributed by atoms with Crippen LogP contribution in [0.15, 0.2) is 206 Å². The van der Waals surface area contributed by atoms with Gasteiger partial charge in [-0.1, -0.05) is 140 Å². The lowest BCUT2D eigenvalue weighted by Gasteiger charge is -2.18. The quantitative estimate of drug-likeness (QED) is 0.156. The maximum Gasteiger partial charge on any atom is 0.138 e. The molecule has 0 saturated heterocycles. The lowest BCUT2D eigenvalue weighted by atomic mass is 9.98. The second kappa shape index (κ2) is 17.4. The Morgan fingerprint density at radius 2 is 0.583 bits per heavy atom. The fourth-order valence-electron chi connectivity index (χ4n) is 10.3. The number of fused-ring (bicyclic) bond motifs is 6. The normalized spacial score (nSPS) is 11.0. The number of rotatable bonds is 7. The second-order valence-electron chi connectivity index (χ2n) is 17.4. The zero-order chi connectivity index (χ0) is 48.9. The van der Waals surface area contributed by atoms with Gasteiger partial charge < -0.3 is 4.57 Å². The molecule has 12 rings (SSSR count). The summed E-state index contributed by atoms with van der Waals surface area (Å²) in [6.07, 6.45) is 1.87. The minimum atomic E-state index is 0.469. The highest BCUT2D eigenvalue weighted by Crippen LogP contribution is 2.43. The molecule has 0 aliphatic heterocycles. The summed E-state index contributed by atoms with van der Waals surface area (Å²) in [6, 6.07) is 76.7. The van der Waals surface area contributed by atoms with Crippen molar-refractivity contribution in [3.8, 4) is 97.5 Å². The molecule has 0 saturated carbocycles. The minimum absolute atomic E-state index is 0.469. The molecule has 0 unspecified atom stereocenters. The smallest absolute Gasteiger partial charge is 0.138 e. The van der Waals surface area contributed by atoms with Crippen LogP contribution < -0.4 is 0 Å². The van der Waals surface area contributed by atoms with Gasteiger partial charge in [0.05, 0.1) is 92.1 Å². The number of hydrogen-bond acceptors (Lipinski definition) is 6. The molecule has 0 aliphatic carbocycles. The predicted molar refractivity (Wildman–Crippen MR) is 284 cm³/mol. The maximum absolute atomic E-state index is 10.8. The summed E-state index contributed by atoms with van der Waals surface area (Å²) in [7, 11) is 0. The molecule has 0 aliphatic rings. The zero-order valence-electron chi connectivity index (χ0n) is 38.2. The molecule has 0 N–H and O–H groups in total. The van der Waals surface area contributed by atoms with Gasteiger partial charge in [0, 0.05) is 32.7 Å². The van der Waals surface area contributed by atoms with E-state index in [1.165, 1.54) is 0 Å². The molecule has 8 nitrogen and oxygen atoms in total. The van der Waals surface area contributed by atoms with Gasteiger partial charge >= 0.3 is 0 Å². The summed E-state index contributed by atoms with van der Waals surface area (Å²) in [5.41, 5.74) is 14.8.